The van der Waals surface area contributed by atoms with Gasteiger partial charge < -0.3 is 16.4 Å². The number of nitrogens with two attached hydrogens (primary N) is 1. The van der Waals surface area contributed by atoms with E-state index in [2.05, 4.69) is 10.6 Å². The topological polar surface area (TPSA) is 84.2 Å². The lowest BCUT2D eigenvalue weighted by molar-refractivity contribution is -0.119. The van der Waals surface area contributed by atoms with Crippen LogP contribution in [0.5, 0.6) is 0 Å². The molecule has 114 valence electrons. The lowest BCUT2D eigenvalue weighted by atomic mass is 10.1. The fraction of sp³-hybridized carbons (Fsp3) is 0.500. The van der Waals surface area contributed by atoms with E-state index >= 15 is 0 Å². The summed E-state index contributed by atoms with van der Waals surface area (Å²) >= 11 is 6.63. The molecular formula is C14H19N3O2S2. The third kappa shape index (κ3) is 3.79. The predicted octanol–water partition coefficient (Wildman–Crippen LogP) is 2.34. The molecule has 7 heteroatoms. The van der Waals surface area contributed by atoms with E-state index in [-0.39, 0.29) is 11.0 Å². The number of fused-ring (bicyclic) bond motifs is 1. The van der Waals surface area contributed by atoms with Crippen molar-refractivity contribution in [3.63, 3.8) is 0 Å². The van der Waals surface area contributed by atoms with Gasteiger partial charge in [0.05, 0.1) is 5.56 Å². The molecular weight excluding hydrogens is 306 g/mol. The van der Waals surface area contributed by atoms with Crippen LogP contribution in [0.4, 0.5) is 5.00 Å². The zero-order valence-electron chi connectivity index (χ0n) is 12.0. The zero-order valence-corrected chi connectivity index (χ0v) is 13.6. The lowest BCUT2D eigenvalue weighted by Crippen LogP contribution is -2.34. The van der Waals surface area contributed by atoms with Crippen LogP contribution in [0.1, 0.15) is 53.4 Å². The number of rotatable bonds is 5. The molecule has 0 fully saturated rings. The second-order valence-corrected chi connectivity index (χ2v) is 6.54. The van der Waals surface area contributed by atoms with Gasteiger partial charge in [0.25, 0.3) is 5.91 Å². The molecule has 4 N–H and O–H groups in total. The van der Waals surface area contributed by atoms with Crippen LogP contribution in [0.3, 0.4) is 0 Å². The fourth-order valence-corrected chi connectivity index (χ4v) is 3.99. The Balaban J connectivity index is 2.04. The van der Waals surface area contributed by atoms with Crippen molar-refractivity contribution in [2.45, 2.75) is 45.4 Å². The van der Waals surface area contributed by atoms with E-state index in [1.807, 2.05) is 6.92 Å². The first-order valence-electron chi connectivity index (χ1n) is 7.08. The quantitative estimate of drug-likeness (QED) is 0.726. The monoisotopic (exact) mass is 325 g/mol. The average Bonchev–Trinajstić information content (AvgIpc) is 2.95. The third-order valence-electron chi connectivity index (χ3n) is 3.41. The highest BCUT2D eigenvalue weighted by molar-refractivity contribution is 7.80. The maximum atomic E-state index is 11.6. The molecule has 1 aromatic heterocycles. The molecule has 1 aliphatic carbocycles. The Labute approximate surface area is 133 Å². The highest BCUT2D eigenvalue weighted by Gasteiger charge is 2.25. The molecule has 21 heavy (non-hydrogen) atoms. The van der Waals surface area contributed by atoms with E-state index in [1.165, 1.54) is 16.2 Å². The fourth-order valence-electron chi connectivity index (χ4n) is 2.41. The van der Waals surface area contributed by atoms with Gasteiger partial charge in [-0.1, -0.05) is 13.3 Å². The average molecular weight is 325 g/mol. The highest BCUT2D eigenvalue weighted by Crippen LogP contribution is 2.38. The number of amides is 2. The summed E-state index contributed by atoms with van der Waals surface area (Å²) in [5, 5.41) is 6.44. The minimum atomic E-state index is -0.447. The van der Waals surface area contributed by atoms with E-state index in [9.17, 15) is 9.59 Å². The van der Waals surface area contributed by atoms with Gasteiger partial charge >= 0.3 is 0 Å². The maximum absolute atomic E-state index is 11.6. The number of unbranched alkanes of at least 4 members (excludes halogenated alkanes) is 1. The van der Waals surface area contributed by atoms with Gasteiger partial charge in [0.1, 0.15) is 5.00 Å². The maximum Gasteiger partial charge on any atom is 0.251 e. The summed E-state index contributed by atoms with van der Waals surface area (Å²) in [6.07, 6.45) is 5.13. The van der Waals surface area contributed by atoms with Crippen LogP contribution in [-0.4, -0.2) is 16.9 Å². The third-order valence-corrected chi connectivity index (χ3v) is 4.82. The van der Waals surface area contributed by atoms with Crippen molar-refractivity contribution in [1.29, 1.82) is 0 Å². The smallest absolute Gasteiger partial charge is 0.251 e. The Morgan fingerprint density at radius 2 is 2.14 bits per heavy atom. The summed E-state index contributed by atoms with van der Waals surface area (Å²) in [7, 11) is 0. The van der Waals surface area contributed by atoms with Crippen molar-refractivity contribution < 1.29 is 9.59 Å². The minimum Gasteiger partial charge on any atom is -0.365 e. The molecule has 1 aliphatic rings. The molecule has 1 heterocycles. The number of nitrogens with one attached hydrogen (secondary N) is 2. The van der Waals surface area contributed by atoms with Gasteiger partial charge in [0, 0.05) is 11.3 Å². The second-order valence-electron chi connectivity index (χ2n) is 5.03. The van der Waals surface area contributed by atoms with Crippen molar-refractivity contribution in [2.24, 2.45) is 5.73 Å². The number of carbonyl (C=O) groups excluding carboxylic acids is 2. The molecule has 0 saturated carbocycles. The molecule has 2 rings (SSSR count). The molecule has 5 nitrogen and oxygen atoms in total. The van der Waals surface area contributed by atoms with Gasteiger partial charge in [0.15, 0.2) is 5.11 Å². The first kappa shape index (κ1) is 15.9. The van der Waals surface area contributed by atoms with Crippen LogP contribution in [-0.2, 0) is 17.6 Å². The summed E-state index contributed by atoms with van der Waals surface area (Å²) < 4.78 is 0. The van der Waals surface area contributed by atoms with Crippen molar-refractivity contribution in [2.75, 3.05) is 5.32 Å². The molecule has 0 bridgehead atoms. The Hall–Kier alpha value is -1.47. The van der Waals surface area contributed by atoms with Gasteiger partial charge in [-0.25, -0.2) is 0 Å². The molecule has 0 radical (unpaired) electrons. The van der Waals surface area contributed by atoms with Crippen LogP contribution in [0.25, 0.3) is 0 Å². The number of anilines is 1. The summed E-state index contributed by atoms with van der Waals surface area (Å²) in [5.74, 6) is -0.559. The number of hydrogen-bond acceptors (Lipinski definition) is 4. The van der Waals surface area contributed by atoms with Crippen LogP contribution >= 0.6 is 23.6 Å². The number of aryl methyl sites for hydroxylation is 1. The van der Waals surface area contributed by atoms with E-state index in [0.717, 1.165) is 37.7 Å². The SMILES string of the molecule is CCCCC(=O)NC(=S)Nc1sc2c(c1C(N)=O)CCC2. The van der Waals surface area contributed by atoms with E-state index in [4.69, 9.17) is 18.0 Å². The normalized spacial score (nSPS) is 12.8. The summed E-state index contributed by atoms with van der Waals surface area (Å²) in [6, 6.07) is 0. The lowest BCUT2D eigenvalue weighted by Gasteiger charge is -2.09. The Morgan fingerprint density at radius 3 is 2.81 bits per heavy atom. The Morgan fingerprint density at radius 1 is 1.38 bits per heavy atom. The molecule has 2 amide bonds. The first-order chi connectivity index (χ1) is 10.0. The standard InChI is InChI=1S/C14H19N3O2S2/c1-2-3-7-10(18)16-14(20)17-13-11(12(15)19)8-5-4-6-9(8)21-13/h2-7H2,1H3,(H2,15,19)(H2,16,17,18,20). The summed E-state index contributed by atoms with van der Waals surface area (Å²) in [4.78, 5) is 24.5. The number of thiocarbonyl (C=S) groups is 1. The van der Waals surface area contributed by atoms with Crippen molar-refractivity contribution in [3.8, 4) is 0 Å². The number of hydrogen-bond donors (Lipinski definition) is 3. The molecule has 0 unspecified atom stereocenters. The van der Waals surface area contributed by atoms with Crippen LogP contribution in [0.2, 0.25) is 0 Å². The summed E-state index contributed by atoms with van der Waals surface area (Å²) in [5.41, 5.74) is 7.03. The Kier molecular flexibility index (Phi) is 5.30. The van der Waals surface area contributed by atoms with Gasteiger partial charge in [-0.3, -0.25) is 9.59 Å². The molecule has 0 spiro atoms. The molecule has 0 atom stereocenters. The van der Waals surface area contributed by atoms with Crippen molar-refractivity contribution >= 4 is 45.5 Å². The molecule has 0 saturated heterocycles. The van der Waals surface area contributed by atoms with Gasteiger partial charge in [-0.05, 0) is 43.5 Å². The van der Waals surface area contributed by atoms with Crippen LogP contribution in [0, 0.1) is 0 Å². The van der Waals surface area contributed by atoms with Crippen LogP contribution < -0.4 is 16.4 Å². The van der Waals surface area contributed by atoms with E-state index in [0.29, 0.717) is 17.0 Å². The first-order valence-corrected chi connectivity index (χ1v) is 8.30. The van der Waals surface area contributed by atoms with Gasteiger partial charge in [-0.2, -0.15) is 0 Å². The predicted molar refractivity (Wildman–Crippen MR) is 88.8 cm³/mol. The van der Waals surface area contributed by atoms with Gasteiger partial charge in [0.2, 0.25) is 5.91 Å². The largest absolute Gasteiger partial charge is 0.365 e. The van der Waals surface area contributed by atoms with Crippen LogP contribution in [0.15, 0.2) is 0 Å². The molecule has 0 aromatic carbocycles. The minimum absolute atomic E-state index is 0.112. The number of primary amides is 1. The Bertz CT molecular complexity index is 581. The van der Waals surface area contributed by atoms with E-state index in [1.54, 1.807) is 0 Å². The van der Waals surface area contributed by atoms with Crippen molar-refractivity contribution in [3.05, 3.63) is 16.0 Å². The number of thiophene rings is 1. The zero-order chi connectivity index (χ0) is 15.4. The van der Waals surface area contributed by atoms with E-state index < -0.39 is 5.91 Å². The molecule has 1 aromatic rings. The summed E-state index contributed by atoms with van der Waals surface area (Å²) in [6.45, 7) is 2.02. The van der Waals surface area contributed by atoms with Crippen molar-refractivity contribution in [1.82, 2.24) is 5.32 Å². The molecule has 0 aliphatic heterocycles. The van der Waals surface area contributed by atoms with Gasteiger partial charge in [-0.15, -0.1) is 11.3 Å². The second kappa shape index (κ2) is 7.00. The highest BCUT2D eigenvalue weighted by atomic mass is 32.1. The number of carbonyl (C=O) groups is 2.